The van der Waals surface area contributed by atoms with Crippen molar-refractivity contribution < 1.29 is 4.79 Å². The van der Waals surface area contributed by atoms with E-state index in [1.165, 1.54) is 0 Å². The van der Waals surface area contributed by atoms with Crippen LogP contribution in [-0.2, 0) is 11.3 Å². The minimum atomic E-state index is -0.609. The molecule has 7 heteroatoms. The summed E-state index contributed by atoms with van der Waals surface area (Å²) in [6.07, 6.45) is 0.495. The van der Waals surface area contributed by atoms with E-state index in [-0.39, 0.29) is 12.5 Å². The fourth-order valence-electron chi connectivity index (χ4n) is 0.882. The first kappa shape index (κ1) is 10.1. The van der Waals surface area contributed by atoms with Gasteiger partial charge in [0, 0.05) is 0 Å². The van der Waals surface area contributed by atoms with Gasteiger partial charge in [-0.1, -0.05) is 12.1 Å². The molecule has 2 N–H and O–H groups in total. The van der Waals surface area contributed by atoms with Crippen LogP contribution in [0, 0.1) is 17.2 Å². The van der Waals surface area contributed by atoms with E-state index in [0.29, 0.717) is 12.2 Å². The minimum Gasteiger partial charge on any atom is -0.348 e. The number of amides is 1. The first-order valence-electron chi connectivity index (χ1n) is 4.17. The molecule has 1 heterocycles. The SMILES string of the molecule is CCC(C#N)C(=O)NCc1nn[nH]n1. The summed E-state index contributed by atoms with van der Waals surface area (Å²) in [7, 11) is 0. The normalized spacial score (nSPS) is 11.7. The van der Waals surface area contributed by atoms with Gasteiger partial charge in [0.05, 0.1) is 12.6 Å². The number of nitrogens with one attached hydrogen (secondary N) is 2. The van der Waals surface area contributed by atoms with E-state index in [1.807, 2.05) is 6.07 Å². The molecule has 1 atom stereocenters. The Morgan fingerprint density at radius 1 is 1.79 bits per heavy atom. The number of tetrazole rings is 1. The van der Waals surface area contributed by atoms with Crippen molar-refractivity contribution in [3.05, 3.63) is 5.82 Å². The van der Waals surface area contributed by atoms with Gasteiger partial charge in [-0.25, -0.2) is 0 Å². The van der Waals surface area contributed by atoms with Crippen LogP contribution in [0.15, 0.2) is 0 Å². The molecule has 0 radical (unpaired) electrons. The van der Waals surface area contributed by atoms with Crippen molar-refractivity contribution in [3.63, 3.8) is 0 Å². The highest BCUT2D eigenvalue weighted by Crippen LogP contribution is 1.99. The van der Waals surface area contributed by atoms with Gasteiger partial charge in [0.2, 0.25) is 5.91 Å². The number of carbonyl (C=O) groups is 1. The van der Waals surface area contributed by atoms with E-state index in [4.69, 9.17) is 5.26 Å². The van der Waals surface area contributed by atoms with Crippen LogP contribution in [0.3, 0.4) is 0 Å². The maximum Gasteiger partial charge on any atom is 0.237 e. The molecule has 0 saturated heterocycles. The van der Waals surface area contributed by atoms with Gasteiger partial charge in [0.1, 0.15) is 5.92 Å². The number of H-pyrrole nitrogens is 1. The topological polar surface area (TPSA) is 107 Å². The zero-order valence-electron chi connectivity index (χ0n) is 7.69. The fraction of sp³-hybridized carbons (Fsp3) is 0.571. The third kappa shape index (κ3) is 2.52. The molecule has 0 aliphatic rings. The average molecular weight is 194 g/mol. The van der Waals surface area contributed by atoms with Crippen LogP contribution in [-0.4, -0.2) is 26.5 Å². The van der Waals surface area contributed by atoms with Crippen molar-refractivity contribution in [2.75, 3.05) is 0 Å². The molecule has 1 aromatic rings. The van der Waals surface area contributed by atoms with Crippen LogP contribution in [0.2, 0.25) is 0 Å². The maximum atomic E-state index is 11.3. The lowest BCUT2D eigenvalue weighted by Gasteiger charge is -2.05. The summed E-state index contributed by atoms with van der Waals surface area (Å²) in [5, 5.41) is 24.0. The van der Waals surface area contributed by atoms with Crippen LogP contribution in [0.25, 0.3) is 0 Å². The first-order valence-corrected chi connectivity index (χ1v) is 4.17. The second-order valence-electron chi connectivity index (χ2n) is 2.64. The molecule has 0 aromatic carbocycles. The Morgan fingerprint density at radius 3 is 3.07 bits per heavy atom. The molecule has 1 amide bonds. The average Bonchev–Trinajstić information content (AvgIpc) is 2.69. The smallest absolute Gasteiger partial charge is 0.237 e. The van der Waals surface area contributed by atoms with Crippen molar-refractivity contribution in [1.82, 2.24) is 25.9 Å². The van der Waals surface area contributed by atoms with Crippen LogP contribution in [0.4, 0.5) is 0 Å². The van der Waals surface area contributed by atoms with Gasteiger partial charge in [-0.05, 0) is 6.42 Å². The number of aromatic nitrogens is 4. The predicted molar refractivity (Wildman–Crippen MR) is 45.4 cm³/mol. The number of carbonyl (C=O) groups excluding carboxylic acids is 1. The number of hydrogen-bond acceptors (Lipinski definition) is 5. The van der Waals surface area contributed by atoms with Crippen LogP contribution in [0.5, 0.6) is 0 Å². The number of nitrogens with zero attached hydrogens (tertiary/aromatic N) is 4. The lowest BCUT2D eigenvalue weighted by atomic mass is 10.1. The summed E-state index contributed by atoms with van der Waals surface area (Å²) >= 11 is 0. The molecule has 1 aromatic heterocycles. The van der Waals surface area contributed by atoms with E-state index < -0.39 is 5.92 Å². The van der Waals surface area contributed by atoms with Gasteiger partial charge in [0.25, 0.3) is 0 Å². The second-order valence-corrected chi connectivity index (χ2v) is 2.64. The molecule has 1 rings (SSSR count). The molecule has 0 fully saturated rings. The second kappa shape index (κ2) is 4.91. The molecule has 0 aliphatic carbocycles. The molecule has 1 unspecified atom stereocenters. The van der Waals surface area contributed by atoms with E-state index >= 15 is 0 Å². The van der Waals surface area contributed by atoms with Crippen molar-refractivity contribution >= 4 is 5.91 Å². The van der Waals surface area contributed by atoms with Crippen molar-refractivity contribution in [3.8, 4) is 6.07 Å². The third-order valence-corrected chi connectivity index (χ3v) is 1.69. The zero-order valence-corrected chi connectivity index (χ0v) is 7.69. The van der Waals surface area contributed by atoms with Crippen LogP contribution >= 0.6 is 0 Å². The maximum absolute atomic E-state index is 11.3. The van der Waals surface area contributed by atoms with E-state index in [0.717, 1.165) is 0 Å². The van der Waals surface area contributed by atoms with Gasteiger partial charge in [-0.15, -0.1) is 10.2 Å². The summed E-state index contributed by atoms with van der Waals surface area (Å²) in [5.41, 5.74) is 0. The molecule has 74 valence electrons. The molecule has 14 heavy (non-hydrogen) atoms. The molecule has 0 bridgehead atoms. The Bertz CT molecular complexity index is 326. The van der Waals surface area contributed by atoms with Crippen molar-refractivity contribution in [1.29, 1.82) is 5.26 Å². The molecule has 0 spiro atoms. The van der Waals surface area contributed by atoms with E-state index in [2.05, 4.69) is 25.9 Å². The molecular weight excluding hydrogens is 184 g/mol. The highest BCUT2D eigenvalue weighted by Gasteiger charge is 2.15. The lowest BCUT2D eigenvalue weighted by molar-refractivity contribution is -0.123. The van der Waals surface area contributed by atoms with Gasteiger partial charge in [0.15, 0.2) is 5.82 Å². The number of hydrogen-bond donors (Lipinski definition) is 2. The Balaban J connectivity index is 2.39. The summed E-state index contributed by atoms with van der Waals surface area (Å²) in [4.78, 5) is 11.3. The molecule has 7 nitrogen and oxygen atoms in total. The Labute approximate surface area is 80.5 Å². The highest BCUT2D eigenvalue weighted by molar-refractivity contribution is 5.80. The van der Waals surface area contributed by atoms with Crippen LogP contribution < -0.4 is 5.32 Å². The number of rotatable bonds is 4. The lowest BCUT2D eigenvalue weighted by Crippen LogP contribution is -2.29. The van der Waals surface area contributed by atoms with E-state index in [1.54, 1.807) is 6.92 Å². The van der Waals surface area contributed by atoms with Gasteiger partial charge in [-0.2, -0.15) is 10.5 Å². The summed E-state index contributed by atoms with van der Waals surface area (Å²) in [6.45, 7) is 1.97. The molecular formula is C7H10N6O. The third-order valence-electron chi connectivity index (χ3n) is 1.69. The monoisotopic (exact) mass is 194 g/mol. The quantitative estimate of drug-likeness (QED) is 0.663. The molecule has 0 aliphatic heterocycles. The zero-order chi connectivity index (χ0) is 10.4. The van der Waals surface area contributed by atoms with Crippen molar-refractivity contribution in [2.24, 2.45) is 5.92 Å². The summed E-state index contributed by atoms with van der Waals surface area (Å²) < 4.78 is 0. The van der Waals surface area contributed by atoms with Gasteiger partial charge in [-0.3, -0.25) is 4.79 Å². The first-order chi connectivity index (χ1) is 6.77. The van der Waals surface area contributed by atoms with E-state index in [9.17, 15) is 4.79 Å². The molecule has 0 saturated carbocycles. The summed E-state index contributed by atoms with van der Waals surface area (Å²) in [5.74, 6) is -0.521. The van der Waals surface area contributed by atoms with Gasteiger partial charge >= 0.3 is 0 Å². The standard InChI is InChI=1S/C7H10N6O/c1-2-5(3-8)7(14)9-4-6-10-12-13-11-6/h5H,2,4H2,1H3,(H,9,14)(H,10,11,12,13). The Kier molecular flexibility index (Phi) is 3.55. The van der Waals surface area contributed by atoms with Crippen molar-refractivity contribution in [2.45, 2.75) is 19.9 Å². The fourth-order valence-corrected chi connectivity index (χ4v) is 0.882. The van der Waals surface area contributed by atoms with Gasteiger partial charge < -0.3 is 5.32 Å². The Morgan fingerprint density at radius 2 is 2.57 bits per heavy atom. The number of aromatic amines is 1. The highest BCUT2D eigenvalue weighted by atomic mass is 16.1. The minimum absolute atomic E-state index is 0.188. The summed E-state index contributed by atoms with van der Waals surface area (Å²) in [6, 6.07) is 1.91. The van der Waals surface area contributed by atoms with Crippen LogP contribution in [0.1, 0.15) is 19.2 Å². The largest absolute Gasteiger partial charge is 0.348 e. The number of nitriles is 1. The predicted octanol–water partition coefficient (Wildman–Crippen LogP) is -0.634. The Hall–Kier alpha value is -1.97.